The number of piperidine rings is 1. The van der Waals surface area contributed by atoms with Gasteiger partial charge in [-0.2, -0.15) is 0 Å². The Bertz CT molecular complexity index is 983. The summed E-state index contributed by atoms with van der Waals surface area (Å²) in [4.78, 5) is 31.1. The number of likely N-dealkylation sites (tertiary alicyclic amines) is 1. The molecule has 1 N–H and O–H groups in total. The highest BCUT2D eigenvalue weighted by molar-refractivity contribution is 6.04. The van der Waals surface area contributed by atoms with Crippen molar-refractivity contribution in [2.24, 2.45) is 5.92 Å². The van der Waals surface area contributed by atoms with Crippen molar-refractivity contribution in [2.45, 2.75) is 52.1 Å². The topological polar surface area (TPSA) is 52.7 Å². The highest BCUT2D eigenvalue weighted by Crippen LogP contribution is 2.45. The Morgan fingerprint density at radius 3 is 2.39 bits per heavy atom. The number of hydrogen-bond donors (Lipinski definition) is 1. The number of amides is 2. The first-order chi connectivity index (χ1) is 14.8. The van der Waals surface area contributed by atoms with Gasteiger partial charge in [-0.05, 0) is 63.5 Å². The summed E-state index contributed by atoms with van der Waals surface area (Å²) in [7, 11) is 2.15. The number of nitrogens with one attached hydrogen (secondary N) is 1. The molecule has 2 aliphatic heterocycles. The van der Waals surface area contributed by atoms with Gasteiger partial charge in [-0.3, -0.25) is 9.59 Å². The van der Waals surface area contributed by atoms with Gasteiger partial charge < -0.3 is 15.1 Å². The Kier molecular flexibility index (Phi) is 5.89. The number of nitrogens with zero attached hydrogens (tertiary/aromatic N) is 2. The molecule has 2 amide bonds. The second-order valence-corrected chi connectivity index (χ2v) is 9.56. The molecule has 2 aliphatic rings. The van der Waals surface area contributed by atoms with Gasteiger partial charge in [-0.1, -0.05) is 49.2 Å². The molecular weight excluding hydrogens is 386 g/mol. The van der Waals surface area contributed by atoms with E-state index in [0.717, 1.165) is 30.8 Å². The average Bonchev–Trinajstić information content (AvgIpc) is 3.04. The molecule has 0 aliphatic carbocycles. The van der Waals surface area contributed by atoms with Crippen molar-refractivity contribution in [2.75, 3.05) is 25.0 Å². The monoisotopic (exact) mass is 419 g/mol. The molecule has 4 rings (SSSR count). The fraction of sp³-hybridized carbons (Fsp3) is 0.462. The van der Waals surface area contributed by atoms with E-state index in [9.17, 15) is 9.59 Å². The molecule has 2 aromatic carbocycles. The lowest BCUT2D eigenvalue weighted by molar-refractivity contribution is -0.122. The molecular formula is C26H33N3O2. The van der Waals surface area contributed by atoms with Crippen molar-refractivity contribution in [3.8, 4) is 0 Å². The summed E-state index contributed by atoms with van der Waals surface area (Å²) in [5.74, 6) is 0.104. The summed E-state index contributed by atoms with van der Waals surface area (Å²) < 4.78 is 0. The fourth-order valence-corrected chi connectivity index (χ4v) is 4.96. The molecule has 0 aromatic heterocycles. The number of carbonyl (C=O) groups excluding carboxylic acids is 2. The number of rotatable bonds is 4. The molecule has 164 valence electrons. The molecule has 1 fully saturated rings. The second kappa shape index (κ2) is 8.46. The van der Waals surface area contributed by atoms with Crippen LogP contribution in [0, 0.1) is 19.8 Å². The Morgan fingerprint density at radius 1 is 1.03 bits per heavy atom. The lowest BCUT2D eigenvalue weighted by atomic mass is 9.88. The third kappa shape index (κ3) is 4.11. The van der Waals surface area contributed by atoms with E-state index in [2.05, 4.69) is 42.4 Å². The summed E-state index contributed by atoms with van der Waals surface area (Å²) in [6.45, 7) is 10.0. The summed E-state index contributed by atoms with van der Waals surface area (Å²) in [6, 6.07) is 13.4. The van der Waals surface area contributed by atoms with Crippen molar-refractivity contribution in [1.82, 2.24) is 10.2 Å². The van der Waals surface area contributed by atoms with Gasteiger partial charge in [0.25, 0.3) is 5.91 Å². The molecule has 5 heteroatoms. The number of benzene rings is 2. The van der Waals surface area contributed by atoms with Gasteiger partial charge in [0.2, 0.25) is 5.91 Å². The van der Waals surface area contributed by atoms with E-state index in [1.165, 1.54) is 11.1 Å². The maximum absolute atomic E-state index is 13.9. The Labute approximate surface area is 185 Å². The predicted molar refractivity (Wildman–Crippen MR) is 125 cm³/mol. The van der Waals surface area contributed by atoms with Gasteiger partial charge in [-0.25, -0.2) is 0 Å². The first-order valence-corrected chi connectivity index (χ1v) is 11.3. The van der Waals surface area contributed by atoms with Crippen molar-refractivity contribution in [3.63, 3.8) is 0 Å². The zero-order chi connectivity index (χ0) is 22.3. The molecule has 1 saturated heterocycles. The standard InChI is InChI=1S/C26H33N3O2/c1-16(2)24(27-25(30)19-9-6-17(3)7-10-19)26(31)29-22-11-8-18(4)14-20(22)21-15-28(5)13-12-23(21)29/h6-11,14,16,21,23-24H,12-13,15H2,1-5H3,(H,27,30)/t21-,23+,24+/m1/s1. The van der Waals surface area contributed by atoms with Crippen LogP contribution in [-0.4, -0.2) is 48.9 Å². The summed E-state index contributed by atoms with van der Waals surface area (Å²) in [5.41, 5.74) is 5.17. The number of carbonyl (C=O) groups is 2. The van der Waals surface area contributed by atoms with Crippen LogP contribution >= 0.6 is 0 Å². The van der Waals surface area contributed by atoms with E-state index in [1.807, 2.05) is 49.9 Å². The molecule has 0 spiro atoms. The van der Waals surface area contributed by atoms with Crippen LogP contribution < -0.4 is 10.2 Å². The summed E-state index contributed by atoms with van der Waals surface area (Å²) >= 11 is 0. The first-order valence-electron chi connectivity index (χ1n) is 11.3. The number of likely N-dealkylation sites (N-methyl/N-ethyl adjacent to an activating group) is 1. The fourth-order valence-electron chi connectivity index (χ4n) is 4.96. The molecule has 0 radical (unpaired) electrons. The van der Waals surface area contributed by atoms with E-state index >= 15 is 0 Å². The zero-order valence-corrected chi connectivity index (χ0v) is 19.2. The minimum Gasteiger partial charge on any atom is -0.340 e. The highest BCUT2D eigenvalue weighted by atomic mass is 16.2. The quantitative estimate of drug-likeness (QED) is 0.818. The average molecular weight is 420 g/mol. The minimum absolute atomic E-state index is 0.00221. The maximum Gasteiger partial charge on any atom is 0.251 e. The van der Waals surface area contributed by atoms with Crippen LogP contribution in [0.25, 0.3) is 0 Å². The molecule has 2 aromatic rings. The summed E-state index contributed by atoms with van der Waals surface area (Å²) in [5, 5.41) is 3.03. The maximum atomic E-state index is 13.9. The lowest BCUT2D eigenvalue weighted by Gasteiger charge is -2.38. The first kappa shape index (κ1) is 21.6. The Morgan fingerprint density at radius 2 is 1.71 bits per heavy atom. The van der Waals surface area contributed by atoms with E-state index in [1.54, 1.807) is 0 Å². The van der Waals surface area contributed by atoms with Crippen molar-refractivity contribution in [3.05, 3.63) is 64.7 Å². The van der Waals surface area contributed by atoms with Crippen LogP contribution in [0.2, 0.25) is 0 Å². The van der Waals surface area contributed by atoms with Crippen LogP contribution in [0.5, 0.6) is 0 Å². The van der Waals surface area contributed by atoms with E-state index in [-0.39, 0.29) is 23.8 Å². The molecule has 5 nitrogen and oxygen atoms in total. The molecule has 0 unspecified atom stereocenters. The normalized spacial score (nSPS) is 21.5. The highest BCUT2D eigenvalue weighted by Gasteiger charge is 2.46. The SMILES string of the molecule is Cc1ccc(C(=O)N[C@H](C(=O)N2c3ccc(C)cc3[C@H]3CN(C)CC[C@@H]32)C(C)C)cc1. The predicted octanol–water partition coefficient (Wildman–Crippen LogP) is 3.89. The van der Waals surface area contributed by atoms with Gasteiger partial charge in [0.15, 0.2) is 0 Å². The van der Waals surface area contributed by atoms with Crippen molar-refractivity contribution in [1.29, 1.82) is 0 Å². The van der Waals surface area contributed by atoms with Gasteiger partial charge in [0.05, 0.1) is 0 Å². The summed E-state index contributed by atoms with van der Waals surface area (Å²) in [6.07, 6.45) is 0.942. The molecule has 0 saturated carbocycles. The van der Waals surface area contributed by atoms with Crippen LogP contribution in [-0.2, 0) is 4.79 Å². The van der Waals surface area contributed by atoms with Crippen LogP contribution in [0.1, 0.15) is 53.2 Å². The van der Waals surface area contributed by atoms with Crippen LogP contribution in [0.3, 0.4) is 0 Å². The van der Waals surface area contributed by atoms with Crippen molar-refractivity contribution >= 4 is 17.5 Å². The van der Waals surface area contributed by atoms with Crippen molar-refractivity contribution < 1.29 is 9.59 Å². The molecule has 3 atom stereocenters. The largest absolute Gasteiger partial charge is 0.340 e. The minimum atomic E-state index is -0.568. The lowest BCUT2D eigenvalue weighted by Crippen LogP contribution is -2.55. The van der Waals surface area contributed by atoms with Gasteiger partial charge in [0.1, 0.15) is 6.04 Å². The van der Waals surface area contributed by atoms with Gasteiger partial charge in [0, 0.05) is 29.8 Å². The zero-order valence-electron chi connectivity index (χ0n) is 19.2. The third-order valence-corrected chi connectivity index (χ3v) is 6.72. The smallest absolute Gasteiger partial charge is 0.251 e. The molecule has 2 heterocycles. The van der Waals surface area contributed by atoms with E-state index < -0.39 is 6.04 Å². The van der Waals surface area contributed by atoms with Gasteiger partial charge >= 0.3 is 0 Å². The Balaban J connectivity index is 1.64. The second-order valence-electron chi connectivity index (χ2n) is 9.56. The van der Waals surface area contributed by atoms with E-state index in [0.29, 0.717) is 11.5 Å². The number of aryl methyl sites for hydroxylation is 2. The number of fused-ring (bicyclic) bond motifs is 3. The Hall–Kier alpha value is -2.66. The molecule has 0 bridgehead atoms. The number of anilines is 1. The van der Waals surface area contributed by atoms with Crippen LogP contribution in [0.15, 0.2) is 42.5 Å². The molecule has 31 heavy (non-hydrogen) atoms. The van der Waals surface area contributed by atoms with Gasteiger partial charge in [-0.15, -0.1) is 0 Å². The third-order valence-electron chi connectivity index (χ3n) is 6.72. The van der Waals surface area contributed by atoms with Crippen LogP contribution in [0.4, 0.5) is 5.69 Å². The van der Waals surface area contributed by atoms with E-state index in [4.69, 9.17) is 0 Å². The number of hydrogen-bond acceptors (Lipinski definition) is 3.